The van der Waals surface area contributed by atoms with Crippen LogP contribution in [0.25, 0.3) is 6.08 Å². The minimum Gasteiger partial charge on any atom is -0.103 e. The average molecular weight is 184 g/mol. The molecule has 0 heteroatoms. The van der Waals surface area contributed by atoms with E-state index in [-0.39, 0.29) is 0 Å². The molecule has 0 unspecified atom stereocenters. The minimum atomic E-state index is 0.899. The van der Waals surface area contributed by atoms with Crippen LogP contribution in [0.5, 0.6) is 0 Å². The van der Waals surface area contributed by atoms with Crippen LogP contribution >= 0.6 is 0 Å². The number of hydrogen-bond acceptors (Lipinski definition) is 0. The number of allylic oxidation sites excluding steroid dienone is 2. The normalized spacial score (nSPS) is 9.43. The summed E-state index contributed by atoms with van der Waals surface area (Å²) in [6, 6.07) is 6.43. The van der Waals surface area contributed by atoms with Gasteiger partial charge in [0, 0.05) is 0 Å². The predicted molar refractivity (Wildman–Crippen MR) is 64.3 cm³/mol. The molecule has 0 saturated carbocycles. The van der Waals surface area contributed by atoms with Gasteiger partial charge in [0.2, 0.25) is 0 Å². The largest absolute Gasteiger partial charge is 0.103 e. The van der Waals surface area contributed by atoms with Crippen LogP contribution in [0.15, 0.2) is 50.1 Å². The van der Waals surface area contributed by atoms with Crippen molar-refractivity contribution in [2.24, 2.45) is 0 Å². The van der Waals surface area contributed by atoms with E-state index in [4.69, 9.17) is 0 Å². The van der Waals surface area contributed by atoms with Crippen molar-refractivity contribution in [3.05, 3.63) is 66.8 Å². The third kappa shape index (κ3) is 2.46. The summed E-state index contributed by atoms with van der Waals surface area (Å²) in [6.07, 6.45) is 7.53. The van der Waals surface area contributed by atoms with Crippen molar-refractivity contribution >= 4 is 6.08 Å². The van der Waals surface area contributed by atoms with Gasteiger partial charge in [-0.3, -0.25) is 0 Å². The highest BCUT2D eigenvalue weighted by Crippen LogP contribution is 2.15. The Hall–Kier alpha value is -1.56. The van der Waals surface area contributed by atoms with E-state index in [0.29, 0.717) is 0 Å². The lowest BCUT2D eigenvalue weighted by Gasteiger charge is -2.05. The van der Waals surface area contributed by atoms with E-state index in [1.807, 2.05) is 18.2 Å². The molecular formula is C14H16. The summed E-state index contributed by atoms with van der Waals surface area (Å²) in [4.78, 5) is 0. The van der Waals surface area contributed by atoms with Gasteiger partial charge < -0.3 is 0 Å². The van der Waals surface area contributed by atoms with Crippen molar-refractivity contribution in [2.75, 3.05) is 0 Å². The molecule has 0 aliphatic heterocycles. The van der Waals surface area contributed by atoms with Gasteiger partial charge >= 0.3 is 0 Å². The maximum absolute atomic E-state index is 3.81. The van der Waals surface area contributed by atoms with Gasteiger partial charge in [0.25, 0.3) is 0 Å². The highest BCUT2D eigenvalue weighted by Gasteiger charge is 1.98. The van der Waals surface area contributed by atoms with Crippen LogP contribution in [0.4, 0.5) is 0 Å². The molecule has 14 heavy (non-hydrogen) atoms. The lowest BCUT2D eigenvalue weighted by atomic mass is 10.00. The fourth-order valence-electron chi connectivity index (χ4n) is 1.47. The zero-order chi connectivity index (χ0) is 10.4. The lowest BCUT2D eigenvalue weighted by molar-refractivity contribution is 1.21. The number of hydrogen-bond donors (Lipinski definition) is 0. The lowest BCUT2D eigenvalue weighted by Crippen LogP contribution is -1.89. The maximum Gasteiger partial charge on any atom is -0.00942 e. The minimum absolute atomic E-state index is 0.899. The van der Waals surface area contributed by atoms with Crippen LogP contribution in [0.2, 0.25) is 0 Å². The standard InChI is InChI=1S/C14H16/c1-4-7-12-9-10-14(8-5-2)13(6-3)11-12/h4-6,9-11H,1-3,7-8H2. The molecule has 0 spiro atoms. The third-order valence-electron chi connectivity index (χ3n) is 2.17. The topological polar surface area (TPSA) is 0 Å². The van der Waals surface area contributed by atoms with Crippen LogP contribution in [-0.2, 0) is 12.8 Å². The first-order valence-corrected chi connectivity index (χ1v) is 4.78. The zero-order valence-corrected chi connectivity index (χ0v) is 8.50. The average Bonchev–Trinajstić information content (AvgIpc) is 2.21. The quantitative estimate of drug-likeness (QED) is 0.611. The van der Waals surface area contributed by atoms with E-state index in [1.165, 1.54) is 16.7 Å². The summed E-state index contributed by atoms with van der Waals surface area (Å²) in [6.45, 7) is 11.3. The van der Waals surface area contributed by atoms with Crippen LogP contribution in [0.1, 0.15) is 16.7 Å². The zero-order valence-electron chi connectivity index (χ0n) is 8.50. The highest BCUT2D eigenvalue weighted by atomic mass is 14.0. The molecule has 0 aliphatic rings. The van der Waals surface area contributed by atoms with Crippen LogP contribution in [-0.4, -0.2) is 0 Å². The van der Waals surface area contributed by atoms with Crippen molar-refractivity contribution < 1.29 is 0 Å². The molecule has 1 rings (SSSR count). The molecular weight excluding hydrogens is 168 g/mol. The molecule has 0 aliphatic carbocycles. The van der Waals surface area contributed by atoms with E-state index >= 15 is 0 Å². The Bertz CT molecular complexity index is 345. The molecule has 0 N–H and O–H groups in total. The van der Waals surface area contributed by atoms with Gasteiger partial charge in [-0.2, -0.15) is 0 Å². The van der Waals surface area contributed by atoms with Crippen LogP contribution in [0.3, 0.4) is 0 Å². The fourth-order valence-corrected chi connectivity index (χ4v) is 1.47. The Morgan fingerprint density at radius 1 is 1.00 bits per heavy atom. The van der Waals surface area contributed by atoms with Gasteiger partial charge in [-0.25, -0.2) is 0 Å². The van der Waals surface area contributed by atoms with Crippen molar-refractivity contribution in [3.63, 3.8) is 0 Å². The molecule has 0 bridgehead atoms. The summed E-state index contributed by atoms with van der Waals surface area (Å²) in [7, 11) is 0. The first-order valence-electron chi connectivity index (χ1n) is 4.78. The molecule has 0 heterocycles. The number of benzene rings is 1. The van der Waals surface area contributed by atoms with Crippen LogP contribution in [0, 0.1) is 0 Å². The van der Waals surface area contributed by atoms with Gasteiger partial charge in [0.1, 0.15) is 0 Å². The van der Waals surface area contributed by atoms with Crippen molar-refractivity contribution in [1.82, 2.24) is 0 Å². The smallest absolute Gasteiger partial charge is 0.00942 e. The first kappa shape index (κ1) is 10.5. The molecule has 0 radical (unpaired) electrons. The third-order valence-corrected chi connectivity index (χ3v) is 2.17. The molecule has 0 saturated heterocycles. The van der Waals surface area contributed by atoms with E-state index in [0.717, 1.165) is 12.8 Å². The van der Waals surface area contributed by atoms with E-state index < -0.39 is 0 Å². The Kier molecular flexibility index (Phi) is 3.93. The monoisotopic (exact) mass is 184 g/mol. The van der Waals surface area contributed by atoms with Gasteiger partial charge in [-0.15, -0.1) is 13.2 Å². The summed E-state index contributed by atoms with van der Waals surface area (Å²) in [5.74, 6) is 0. The molecule has 0 nitrogen and oxygen atoms in total. The van der Waals surface area contributed by atoms with E-state index in [1.54, 1.807) is 0 Å². The summed E-state index contributed by atoms with van der Waals surface area (Å²) >= 11 is 0. The van der Waals surface area contributed by atoms with Crippen molar-refractivity contribution in [1.29, 1.82) is 0 Å². The van der Waals surface area contributed by atoms with Crippen molar-refractivity contribution in [2.45, 2.75) is 12.8 Å². The SMILES string of the molecule is C=CCc1ccc(CC=C)c(C=C)c1. The van der Waals surface area contributed by atoms with E-state index in [2.05, 4.69) is 37.9 Å². The van der Waals surface area contributed by atoms with Gasteiger partial charge in [0.15, 0.2) is 0 Å². The second-order valence-corrected chi connectivity index (χ2v) is 3.22. The van der Waals surface area contributed by atoms with Crippen molar-refractivity contribution in [3.8, 4) is 0 Å². The maximum atomic E-state index is 3.81. The van der Waals surface area contributed by atoms with Gasteiger partial charge in [-0.1, -0.05) is 43.0 Å². The molecule has 0 aromatic heterocycles. The molecule has 1 aromatic rings. The molecule has 0 amide bonds. The number of rotatable bonds is 5. The Labute approximate surface area is 86.3 Å². The molecule has 0 atom stereocenters. The highest BCUT2D eigenvalue weighted by molar-refractivity contribution is 5.54. The molecule has 72 valence electrons. The van der Waals surface area contributed by atoms with Gasteiger partial charge in [0.05, 0.1) is 0 Å². The second-order valence-electron chi connectivity index (χ2n) is 3.22. The first-order chi connectivity index (χ1) is 6.81. The van der Waals surface area contributed by atoms with Crippen LogP contribution < -0.4 is 0 Å². The Morgan fingerprint density at radius 2 is 1.71 bits per heavy atom. The van der Waals surface area contributed by atoms with Gasteiger partial charge in [-0.05, 0) is 29.5 Å². The fraction of sp³-hybridized carbons (Fsp3) is 0.143. The Morgan fingerprint density at radius 3 is 2.29 bits per heavy atom. The summed E-state index contributed by atoms with van der Waals surface area (Å²) in [5, 5.41) is 0. The second kappa shape index (κ2) is 5.23. The Balaban J connectivity index is 3.03. The summed E-state index contributed by atoms with van der Waals surface area (Å²) < 4.78 is 0. The summed E-state index contributed by atoms with van der Waals surface area (Å²) in [5.41, 5.74) is 3.76. The van der Waals surface area contributed by atoms with E-state index in [9.17, 15) is 0 Å². The predicted octanol–water partition coefficient (Wildman–Crippen LogP) is 3.79. The molecule has 1 aromatic carbocycles. The molecule has 0 fully saturated rings.